The Kier molecular flexibility index (Phi) is 4.04. The maximum absolute atomic E-state index is 12.1. The third-order valence-corrected chi connectivity index (χ3v) is 4.99. The van der Waals surface area contributed by atoms with Gasteiger partial charge in [-0.25, -0.2) is 13.1 Å². The van der Waals surface area contributed by atoms with Crippen molar-refractivity contribution in [3.63, 3.8) is 0 Å². The highest BCUT2D eigenvalue weighted by atomic mass is 32.2. The number of hydrogen-bond donors (Lipinski definition) is 2. The van der Waals surface area contributed by atoms with Crippen molar-refractivity contribution in [3.05, 3.63) is 12.4 Å². The van der Waals surface area contributed by atoms with Crippen molar-refractivity contribution in [2.24, 2.45) is 11.7 Å². The first-order valence-corrected chi connectivity index (χ1v) is 7.76. The number of nitrogens with zero attached hydrogens (tertiary/aromatic N) is 2. The fourth-order valence-corrected chi connectivity index (χ4v) is 3.35. The van der Waals surface area contributed by atoms with Crippen LogP contribution in [-0.2, 0) is 16.6 Å². The van der Waals surface area contributed by atoms with Gasteiger partial charge in [0.25, 0.3) is 0 Å². The second kappa shape index (κ2) is 5.38. The van der Waals surface area contributed by atoms with Crippen LogP contribution in [0.15, 0.2) is 17.3 Å². The molecule has 18 heavy (non-hydrogen) atoms. The van der Waals surface area contributed by atoms with Crippen molar-refractivity contribution in [2.75, 3.05) is 6.54 Å². The number of nitrogens with one attached hydrogen (secondary N) is 1. The zero-order valence-corrected chi connectivity index (χ0v) is 11.4. The van der Waals surface area contributed by atoms with Crippen LogP contribution in [-0.4, -0.2) is 30.8 Å². The highest BCUT2D eigenvalue weighted by molar-refractivity contribution is 7.89. The van der Waals surface area contributed by atoms with Gasteiger partial charge < -0.3 is 5.73 Å². The molecule has 0 aliphatic heterocycles. The minimum atomic E-state index is -3.45. The SMILES string of the molecule is CC(NS(=O)(=O)c1cnn(CCN)c1)C1CCC1. The average Bonchev–Trinajstić information content (AvgIpc) is 2.63. The molecule has 0 saturated heterocycles. The van der Waals surface area contributed by atoms with E-state index in [1.807, 2.05) is 6.92 Å². The van der Waals surface area contributed by atoms with Crippen molar-refractivity contribution in [1.29, 1.82) is 0 Å². The molecular weight excluding hydrogens is 252 g/mol. The van der Waals surface area contributed by atoms with Gasteiger partial charge in [0, 0.05) is 18.8 Å². The molecule has 6 nitrogen and oxygen atoms in total. The van der Waals surface area contributed by atoms with E-state index in [-0.39, 0.29) is 10.9 Å². The summed E-state index contributed by atoms with van der Waals surface area (Å²) in [5.41, 5.74) is 5.40. The average molecular weight is 272 g/mol. The van der Waals surface area contributed by atoms with Crippen molar-refractivity contribution in [2.45, 2.75) is 43.7 Å². The van der Waals surface area contributed by atoms with Gasteiger partial charge in [0.05, 0.1) is 12.7 Å². The smallest absolute Gasteiger partial charge is 0.243 e. The molecule has 102 valence electrons. The second-order valence-electron chi connectivity index (χ2n) is 4.83. The fraction of sp³-hybridized carbons (Fsp3) is 0.727. The predicted molar refractivity (Wildman–Crippen MR) is 68.4 cm³/mol. The largest absolute Gasteiger partial charge is 0.329 e. The lowest BCUT2D eigenvalue weighted by Crippen LogP contribution is -2.40. The van der Waals surface area contributed by atoms with E-state index in [0.717, 1.165) is 12.8 Å². The Morgan fingerprint density at radius 2 is 2.33 bits per heavy atom. The van der Waals surface area contributed by atoms with Gasteiger partial charge in [0.2, 0.25) is 10.0 Å². The van der Waals surface area contributed by atoms with Crippen LogP contribution in [0.1, 0.15) is 26.2 Å². The van der Waals surface area contributed by atoms with Crippen LogP contribution in [0, 0.1) is 5.92 Å². The normalized spacial score (nSPS) is 18.6. The van der Waals surface area contributed by atoms with Gasteiger partial charge >= 0.3 is 0 Å². The molecule has 1 fully saturated rings. The van der Waals surface area contributed by atoms with Crippen LogP contribution >= 0.6 is 0 Å². The summed E-state index contributed by atoms with van der Waals surface area (Å²) in [5.74, 6) is 0.471. The summed E-state index contributed by atoms with van der Waals surface area (Å²) in [5, 5.41) is 3.98. The molecule has 7 heteroatoms. The van der Waals surface area contributed by atoms with Gasteiger partial charge in [-0.2, -0.15) is 5.10 Å². The van der Waals surface area contributed by atoms with Gasteiger partial charge in [0.15, 0.2) is 0 Å². The number of aromatic nitrogens is 2. The molecular formula is C11H20N4O2S. The zero-order chi connectivity index (χ0) is 13.2. The van der Waals surface area contributed by atoms with Gasteiger partial charge in [-0.3, -0.25) is 4.68 Å². The van der Waals surface area contributed by atoms with Gasteiger partial charge in [-0.1, -0.05) is 6.42 Å². The summed E-state index contributed by atoms with van der Waals surface area (Å²) in [4.78, 5) is 0.210. The maximum atomic E-state index is 12.1. The van der Waals surface area contributed by atoms with Crippen LogP contribution in [0.2, 0.25) is 0 Å². The van der Waals surface area contributed by atoms with E-state index in [1.54, 1.807) is 4.68 Å². The Labute approximate surface area is 108 Å². The van der Waals surface area contributed by atoms with Gasteiger partial charge in [0.1, 0.15) is 4.90 Å². The number of hydrogen-bond acceptors (Lipinski definition) is 4. The van der Waals surface area contributed by atoms with Crippen molar-refractivity contribution in [1.82, 2.24) is 14.5 Å². The minimum Gasteiger partial charge on any atom is -0.329 e. The summed E-state index contributed by atoms with van der Waals surface area (Å²) in [7, 11) is -3.45. The van der Waals surface area contributed by atoms with Crippen molar-refractivity contribution in [3.8, 4) is 0 Å². The molecule has 0 amide bonds. The maximum Gasteiger partial charge on any atom is 0.243 e. The summed E-state index contributed by atoms with van der Waals surface area (Å²) < 4.78 is 28.5. The van der Waals surface area contributed by atoms with Crippen LogP contribution in [0.25, 0.3) is 0 Å². The fourth-order valence-electron chi connectivity index (χ4n) is 2.09. The molecule has 1 saturated carbocycles. The monoisotopic (exact) mass is 272 g/mol. The number of rotatable bonds is 6. The Bertz CT molecular complexity index is 493. The quantitative estimate of drug-likeness (QED) is 0.780. The summed E-state index contributed by atoms with van der Waals surface area (Å²) in [6, 6.07) is -0.0124. The van der Waals surface area contributed by atoms with E-state index in [9.17, 15) is 8.42 Å². The molecule has 1 unspecified atom stereocenters. The Balaban J connectivity index is 2.04. The molecule has 1 aliphatic rings. The first-order valence-electron chi connectivity index (χ1n) is 6.28. The van der Waals surface area contributed by atoms with Crippen molar-refractivity contribution < 1.29 is 8.42 Å². The summed E-state index contributed by atoms with van der Waals surface area (Å²) in [6.45, 7) is 2.88. The molecule has 1 aromatic heterocycles. The Morgan fingerprint density at radius 1 is 1.61 bits per heavy atom. The van der Waals surface area contributed by atoms with Gasteiger partial charge in [-0.05, 0) is 25.7 Å². The third kappa shape index (κ3) is 2.90. The molecule has 3 N–H and O–H groups in total. The predicted octanol–water partition coefficient (Wildman–Crippen LogP) is 0.309. The summed E-state index contributed by atoms with van der Waals surface area (Å²) in [6.07, 6.45) is 6.30. The Morgan fingerprint density at radius 3 is 2.89 bits per heavy atom. The molecule has 1 atom stereocenters. The van der Waals surface area contributed by atoms with E-state index >= 15 is 0 Å². The van der Waals surface area contributed by atoms with E-state index in [1.165, 1.54) is 18.8 Å². The molecule has 1 aliphatic carbocycles. The molecule has 1 aromatic rings. The zero-order valence-electron chi connectivity index (χ0n) is 10.5. The highest BCUT2D eigenvalue weighted by Gasteiger charge is 2.28. The highest BCUT2D eigenvalue weighted by Crippen LogP contribution is 2.30. The standard InChI is InChI=1S/C11H20N4O2S/c1-9(10-3-2-4-10)14-18(16,17)11-7-13-15(8-11)6-5-12/h7-10,14H,2-6,12H2,1H3. The lowest BCUT2D eigenvalue weighted by molar-refractivity contribution is 0.260. The molecule has 0 radical (unpaired) electrons. The molecule has 0 spiro atoms. The summed E-state index contributed by atoms with van der Waals surface area (Å²) >= 11 is 0. The number of nitrogens with two attached hydrogens (primary N) is 1. The lowest BCUT2D eigenvalue weighted by Gasteiger charge is -2.31. The third-order valence-electron chi connectivity index (χ3n) is 3.48. The Hall–Kier alpha value is -0.920. The molecule has 1 heterocycles. The van der Waals surface area contributed by atoms with E-state index in [0.29, 0.717) is 19.0 Å². The van der Waals surface area contributed by atoms with Gasteiger partial charge in [-0.15, -0.1) is 0 Å². The van der Waals surface area contributed by atoms with E-state index in [2.05, 4.69) is 9.82 Å². The van der Waals surface area contributed by atoms with Crippen LogP contribution < -0.4 is 10.5 Å². The topological polar surface area (TPSA) is 90.0 Å². The van der Waals surface area contributed by atoms with Crippen molar-refractivity contribution >= 4 is 10.0 Å². The second-order valence-corrected chi connectivity index (χ2v) is 6.54. The lowest BCUT2D eigenvalue weighted by atomic mass is 9.81. The van der Waals surface area contributed by atoms with Crippen LogP contribution in [0.5, 0.6) is 0 Å². The van der Waals surface area contributed by atoms with Crippen LogP contribution in [0.4, 0.5) is 0 Å². The molecule has 0 aromatic carbocycles. The van der Waals surface area contributed by atoms with Crippen LogP contribution in [0.3, 0.4) is 0 Å². The van der Waals surface area contributed by atoms with E-state index < -0.39 is 10.0 Å². The molecule has 2 rings (SSSR count). The minimum absolute atomic E-state index is 0.0124. The van der Waals surface area contributed by atoms with E-state index in [4.69, 9.17) is 5.73 Å². The first kappa shape index (κ1) is 13.5. The molecule has 0 bridgehead atoms. The number of sulfonamides is 1. The first-order chi connectivity index (χ1) is 8.53.